The van der Waals surface area contributed by atoms with Crippen molar-refractivity contribution in [3.05, 3.63) is 52.4 Å². The molecule has 2 aliphatic rings. The van der Waals surface area contributed by atoms with Crippen LogP contribution in [-0.2, 0) is 4.74 Å². The van der Waals surface area contributed by atoms with Crippen molar-refractivity contribution in [2.75, 3.05) is 13.2 Å². The van der Waals surface area contributed by atoms with Gasteiger partial charge in [0.05, 0.1) is 18.3 Å². The summed E-state index contributed by atoms with van der Waals surface area (Å²) in [7, 11) is 0. The monoisotopic (exact) mass is 398 g/mol. The lowest BCUT2D eigenvalue weighted by atomic mass is 9.60. The van der Waals surface area contributed by atoms with Gasteiger partial charge in [-0.15, -0.1) is 0 Å². The summed E-state index contributed by atoms with van der Waals surface area (Å²) in [6.07, 6.45) is 5.55. The maximum absolute atomic E-state index is 11.4. The van der Waals surface area contributed by atoms with Crippen molar-refractivity contribution >= 4 is 11.0 Å². The molecule has 1 saturated carbocycles. The highest BCUT2D eigenvalue weighted by Crippen LogP contribution is 2.56. The van der Waals surface area contributed by atoms with Crippen LogP contribution in [0.1, 0.15) is 46.5 Å². The van der Waals surface area contributed by atoms with Crippen LogP contribution >= 0.6 is 0 Å². The standard InChI is InChI=1S/C24H30O5/c1-16(4-8-20-23(2)15-28-24(20,3)12-10-21(23)25)11-13-27-18-7-5-17-6-9-22(26)29-19(17)14-18/h5-7,9,11,14,20-21,25H,4,8,10,12-13,15H2,1-3H3/t20-,21-,23+,24+/m1/s1. The summed E-state index contributed by atoms with van der Waals surface area (Å²) in [5, 5.41) is 11.4. The fraction of sp³-hybridized carbons (Fsp3) is 0.542. The molecule has 1 saturated heterocycles. The molecule has 4 rings (SSSR count). The zero-order valence-electron chi connectivity index (χ0n) is 17.4. The fourth-order valence-corrected chi connectivity index (χ4v) is 5.07. The van der Waals surface area contributed by atoms with Gasteiger partial charge < -0.3 is 19.0 Å². The predicted octanol–water partition coefficient (Wildman–Crippen LogP) is 4.46. The average Bonchev–Trinajstić information content (AvgIpc) is 2.89. The minimum Gasteiger partial charge on any atom is -0.489 e. The van der Waals surface area contributed by atoms with Gasteiger partial charge in [0.15, 0.2) is 0 Å². The highest BCUT2D eigenvalue weighted by atomic mass is 16.5. The number of ether oxygens (including phenoxy) is 2. The molecule has 29 heavy (non-hydrogen) atoms. The number of allylic oxidation sites excluding steroid dienone is 1. The van der Waals surface area contributed by atoms with Crippen LogP contribution in [0.3, 0.4) is 0 Å². The van der Waals surface area contributed by atoms with E-state index in [1.54, 1.807) is 12.1 Å². The van der Waals surface area contributed by atoms with Gasteiger partial charge in [-0.05, 0) is 69.7 Å². The second-order valence-electron chi connectivity index (χ2n) is 9.07. The number of hydrogen-bond donors (Lipinski definition) is 1. The number of aliphatic hydroxyl groups excluding tert-OH is 1. The Labute approximate surface area is 171 Å². The number of rotatable bonds is 6. The molecule has 0 spiro atoms. The van der Waals surface area contributed by atoms with Crippen molar-refractivity contribution in [3.63, 3.8) is 0 Å². The van der Waals surface area contributed by atoms with Crippen LogP contribution in [0, 0.1) is 11.3 Å². The highest BCUT2D eigenvalue weighted by Gasteiger charge is 2.59. The van der Waals surface area contributed by atoms with E-state index in [4.69, 9.17) is 13.9 Å². The number of benzene rings is 1. The van der Waals surface area contributed by atoms with Crippen LogP contribution < -0.4 is 10.4 Å². The van der Waals surface area contributed by atoms with Crippen LogP contribution in [-0.4, -0.2) is 30.0 Å². The van der Waals surface area contributed by atoms with Crippen LogP contribution in [0.25, 0.3) is 11.0 Å². The maximum atomic E-state index is 11.4. The summed E-state index contributed by atoms with van der Waals surface area (Å²) in [6, 6.07) is 8.68. The summed E-state index contributed by atoms with van der Waals surface area (Å²) < 4.78 is 17.2. The number of fused-ring (bicyclic) bond motifs is 3. The lowest BCUT2D eigenvalue weighted by Crippen LogP contribution is -2.49. The molecule has 1 aliphatic heterocycles. The predicted molar refractivity (Wildman–Crippen MR) is 112 cm³/mol. The van der Waals surface area contributed by atoms with E-state index in [1.807, 2.05) is 12.1 Å². The van der Waals surface area contributed by atoms with Gasteiger partial charge in [0, 0.05) is 22.9 Å². The molecule has 2 bridgehead atoms. The molecule has 0 radical (unpaired) electrons. The summed E-state index contributed by atoms with van der Waals surface area (Å²) in [6.45, 7) is 7.61. The van der Waals surface area contributed by atoms with Gasteiger partial charge in [-0.2, -0.15) is 0 Å². The molecule has 5 nitrogen and oxygen atoms in total. The summed E-state index contributed by atoms with van der Waals surface area (Å²) >= 11 is 0. The normalized spacial score (nSPS) is 31.9. The molecule has 4 atom stereocenters. The zero-order chi connectivity index (χ0) is 20.6. The van der Waals surface area contributed by atoms with Crippen molar-refractivity contribution in [1.29, 1.82) is 0 Å². The molecule has 1 aliphatic carbocycles. The molecule has 156 valence electrons. The minimum atomic E-state index is -0.362. The zero-order valence-corrected chi connectivity index (χ0v) is 17.4. The first-order valence-corrected chi connectivity index (χ1v) is 10.4. The van der Waals surface area contributed by atoms with E-state index in [0.29, 0.717) is 30.5 Å². The smallest absolute Gasteiger partial charge is 0.336 e. The third kappa shape index (κ3) is 3.86. The van der Waals surface area contributed by atoms with Crippen molar-refractivity contribution in [1.82, 2.24) is 0 Å². The fourth-order valence-electron chi connectivity index (χ4n) is 5.07. The quantitative estimate of drug-likeness (QED) is 0.575. The lowest BCUT2D eigenvalue weighted by Gasteiger charge is -2.45. The molecule has 2 heterocycles. The Morgan fingerprint density at radius 2 is 2.10 bits per heavy atom. The Hall–Kier alpha value is -2.11. The van der Waals surface area contributed by atoms with Gasteiger partial charge in [-0.25, -0.2) is 4.79 Å². The molecule has 0 amide bonds. The number of aliphatic hydroxyl groups is 1. The highest BCUT2D eigenvalue weighted by molar-refractivity contribution is 5.77. The molecule has 0 unspecified atom stereocenters. The Kier molecular flexibility index (Phi) is 5.30. The Morgan fingerprint density at radius 1 is 1.31 bits per heavy atom. The minimum absolute atomic E-state index is 0.111. The first-order chi connectivity index (χ1) is 13.8. The molecule has 1 aromatic carbocycles. The molecule has 2 aromatic rings. The Morgan fingerprint density at radius 3 is 2.93 bits per heavy atom. The van der Waals surface area contributed by atoms with Crippen molar-refractivity contribution in [3.8, 4) is 5.75 Å². The van der Waals surface area contributed by atoms with Crippen LogP contribution in [0.5, 0.6) is 5.75 Å². The topological polar surface area (TPSA) is 68.9 Å². The Balaban J connectivity index is 1.35. The van der Waals surface area contributed by atoms with E-state index < -0.39 is 0 Å². The average molecular weight is 398 g/mol. The van der Waals surface area contributed by atoms with E-state index in [0.717, 1.165) is 31.1 Å². The first-order valence-electron chi connectivity index (χ1n) is 10.4. The van der Waals surface area contributed by atoms with Crippen molar-refractivity contribution in [2.24, 2.45) is 11.3 Å². The van der Waals surface area contributed by atoms with Crippen LogP contribution in [0.15, 0.2) is 51.2 Å². The van der Waals surface area contributed by atoms with E-state index in [1.165, 1.54) is 11.6 Å². The van der Waals surface area contributed by atoms with E-state index in [2.05, 4.69) is 26.8 Å². The summed E-state index contributed by atoms with van der Waals surface area (Å²) in [5.41, 5.74) is 1.18. The molecular weight excluding hydrogens is 368 g/mol. The second-order valence-corrected chi connectivity index (χ2v) is 9.07. The van der Waals surface area contributed by atoms with Crippen LogP contribution in [0.4, 0.5) is 0 Å². The van der Waals surface area contributed by atoms with Crippen molar-refractivity contribution in [2.45, 2.75) is 58.2 Å². The van der Waals surface area contributed by atoms with E-state index in [9.17, 15) is 9.90 Å². The first kappa shape index (κ1) is 20.2. The lowest BCUT2D eigenvalue weighted by molar-refractivity contribution is -0.0578. The van der Waals surface area contributed by atoms with E-state index >= 15 is 0 Å². The van der Waals surface area contributed by atoms with Gasteiger partial charge in [0.2, 0.25) is 0 Å². The van der Waals surface area contributed by atoms with Gasteiger partial charge in [-0.3, -0.25) is 0 Å². The summed E-state index contributed by atoms with van der Waals surface area (Å²) in [4.78, 5) is 11.4. The van der Waals surface area contributed by atoms with Crippen LogP contribution in [0.2, 0.25) is 0 Å². The third-order valence-electron chi connectivity index (χ3n) is 7.03. The second kappa shape index (κ2) is 7.62. The Bertz CT molecular complexity index is 973. The molecule has 1 aromatic heterocycles. The maximum Gasteiger partial charge on any atom is 0.336 e. The summed E-state index contributed by atoms with van der Waals surface area (Å²) in [5.74, 6) is 1.05. The third-order valence-corrected chi connectivity index (χ3v) is 7.03. The van der Waals surface area contributed by atoms with E-state index in [-0.39, 0.29) is 22.7 Å². The van der Waals surface area contributed by atoms with Gasteiger partial charge in [-0.1, -0.05) is 12.5 Å². The molecular formula is C24H30O5. The SMILES string of the molecule is CC(=CCOc1ccc2ccc(=O)oc2c1)CC[C@@H]1[C@]2(C)CO[C@@]1(C)CC[C@H]2O. The van der Waals surface area contributed by atoms with Gasteiger partial charge >= 0.3 is 5.63 Å². The van der Waals surface area contributed by atoms with Gasteiger partial charge in [0.1, 0.15) is 17.9 Å². The molecule has 5 heteroatoms. The van der Waals surface area contributed by atoms with Gasteiger partial charge in [0.25, 0.3) is 0 Å². The molecule has 1 N–H and O–H groups in total. The van der Waals surface area contributed by atoms with Crippen molar-refractivity contribution < 1.29 is 19.0 Å². The number of hydrogen-bond acceptors (Lipinski definition) is 5. The largest absolute Gasteiger partial charge is 0.489 e. The molecule has 2 fully saturated rings.